The highest BCUT2D eigenvalue weighted by atomic mass is 16.5. The highest BCUT2D eigenvalue weighted by molar-refractivity contribution is 5.84. The summed E-state index contributed by atoms with van der Waals surface area (Å²) in [4.78, 5) is 26.1. The molecule has 2 aliphatic rings. The molecule has 0 saturated carbocycles. The zero-order valence-electron chi connectivity index (χ0n) is 15.9. The van der Waals surface area contributed by atoms with Crippen molar-refractivity contribution in [1.29, 1.82) is 0 Å². The van der Waals surface area contributed by atoms with Crippen molar-refractivity contribution in [2.24, 2.45) is 0 Å². The second-order valence-electron chi connectivity index (χ2n) is 7.33. The third-order valence-electron chi connectivity index (χ3n) is 5.66. The number of rotatable bonds is 5. The number of carbonyl (C=O) groups is 1. The molecular weight excluding hydrogens is 356 g/mol. The summed E-state index contributed by atoms with van der Waals surface area (Å²) in [7, 11) is 0. The lowest BCUT2D eigenvalue weighted by Crippen LogP contribution is -2.60. The molecule has 0 aromatic carbocycles. The van der Waals surface area contributed by atoms with Gasteiger partial charge in [-0.2, -0.15) is 0 Å². The van der Waals surface area contributed by atoms with Gasteiger partial charge >= 0.3 is 0 Å². The van der Waals surface area contributed by atoms with Gasteiger partial charge in [0.2, 0.25) is 5.91 Å². The van der Waals surface area contributed by atoms with Crippen molar-refractivity contribution in [1.82, 2.24) is 19.8 Å². The van der Waals surface area contributed by atoms with Gasteiger partial charge in [-0.3, -0.25) is 19.7 Å². The van der Waals surface area contributed by atoms with Crippen LogP contribution < -0.4 is 0 Å². The number of ether oxygens (including phenoxy) is 1. The average Bonchev–Trinajstić information content (AvgIpc) is 3.29. The molecule has 7 nitrogen and oxygen atoms in total. The van der Waals surface area contributed by atoms with Crippen molar-refractivity contribution in [3.63, 3.8) is 0 Å². The van der Waals surface area contributed by atoms with Crippen LogP contribution in [0, 0.1) is 0 Å². The minimum absolute atomic E-state index is 0.0691. The van der Waals surface area contributed by atoms with E-state index in [0.29, 0.717) is 37.4 Å². The smallest absolute Gasteiger partial charge is 0.243 e. The fourth-order valence-corrected chi connectivity index (χ4v) is 4.21. The number of likely N-dealkylation sites (tertiary alicyclic amines) is 1. The molecule has 2 aromatic rings. The molecule has 0 aliphatic carbocycles. The van der Waals surface area contributed by atoms with Crippen LogP contribution in [0.3, 0.4) is 0 Å². The molecule has 1 unspecified atom stereocenters. The van der Waals surface area contributed by atoms with E-state index < -0.39 is 11.6 Å². The Kier molecular flexibility index (Phi) is 5.66. The zero-order valence-corrected chi connectivity index (χ0v) is 15.9. The normalized spacial score (nSPS) is 19.5. The Balaban J connectivity index is 1.82. The van der Waals surface area contributed by atoms with Gasteiger partial charge in [0, 0.05) is 49.0 Å². The number of carbonyl (C=O) groups excluding carboxylic acids is 1. The van der Waals surface area contributed by atoms with Gasteiger partial charge in [-0.15, -0.1) is 0 Å². The van der Waals surface area contributed by atoms with Crippen LogP contribution in [-0.2, 0) is 15.1 Å². The lowest BCUT2D eigenvalue weighted by Gasteiger charge is -2.43. The molecule has 2 fully saturated rings. The van der Waals surface area contributed by atoms with Crippen molar-refractivity contribution < 1.29 is 14.6 Å². The summed E-state index contributed by atoms with van der Waals surface area (Å²) < 4.78 is 5.42. The molecule has 1 N–H and O–H groups in total. The number of morpholine rings is 1. The Hall–Kier alpha value is -2.35. The van der Waals surface area contributed by atoms with E-state index in [0.717, 1.165) is 25.9 Å². The Morgan fingerprint density at radius 3 is 2.07 bits per heavy atom. The Bertz CT molecular complexity index is 735. The second-order valence-corrected chi connectivity index (χ2v) is 7.33. The molecule has 148 valence electrons. The van der Waals surface area contributed by atoms with Gasteiger partial charge in [-0.25, -0.2) is 0 Å². The molecule has 2 aliphatic heterocycles. The molecule has 1 atom stereocenters. The number of aliphatic hydroxyl groups is 1. The Labute approximate surface area is 165 Å². The molecule has 0 spiro atoms. The molecule has 2 saturated heterocycles. The molecule has 28 heavy (non-hydrogen) atoms. The van der Waals surface area contributed by atoms with Crippen LogP contribution in [0.2, 0.25) is 0 Å². The van der Waals surface area contributed by atoms with E-state index in [4.69, 9.17) is 4.74 Å². The Morgan fingerprint density at radius 1 is 1.00 bits per heavy atom. The van der Waals surface area contributed by atoms with Crippen LogP contribution in [0.4, 0.5) is 0 Å². The fraction of sp³-hybridized carbons (Fsp3) is 0.476. The first kappa shape index (κ1) is 19.0. The number of aromatic nitrogens is 2. The van der Waals surface area contributed by atoms with Gasteiger partial charge in [-0.1, -0.05) is 12.1 Å². The Morgan fingerprint density at radius 2 is 1.57 bits per heavy atom. The number of pyridine rings is 2. The summed E-state index contributed by atoms with van der Waals surface area (Å²) in [5.41, 5.74) is -0.342. The lowest BCUT2D eigenvalue weighted by molar-refractivity contribution is -0.150. The second kappa shape index (κ2) is 8.34. The quantitative estimate of drug-likeness (QED) is 0.832. The number of hydrogen-bond donors (Lipinski definition) is 1. The van der Waals surface area contributed by atoms with Crippen molar-refractivity contribution in [2.75, 3.05) is 39.4 Å². The van der Waals surface area contributed by atoms with Crippen LogP contribution in [-0.4, -0.2) is 76.2 Å². The summed E-state index contributed by atoms with van der Waals surface area (Å²) in [6.45, 7) is 3.69. The summed E-state index contributed by atoms with van der Waals surface area (Å²) in [6.07, 6.45) is 8.65. The molecule has 2 aromatic heterocycles. The monoisotopic (exact) mass is 382 g/mol. The van der Waals surface area contributed by atoms with Crippen molar-refractivity contribution in [3.8, 4) is 0 Å². The van der Waals surface area contributed by atoms with Gasteiger partial charge in [0.1, 0.15) is 11.6 Å². The highest BCUT2D eigenvalue weighted by Crippen LogP contribution is 2.37. The first-order valence-corrected chi connectivity index (χ1v) is 9.85. The van der Waals surface area contributed by atoms with Crippen molar-refractivity contribution >= 4 is 5.91 Å². The lowest BCUT2D eigenvalue weighted by atomic mass is 9.80. The number of amides is 1. The van der Waals surface area contributed by atoms with Crippen LogP contribution in [0.25, 0.3) is 0 Å². The van der Waals surface area contributed by atoms with Crippen LogP contribution >= 0.6 is 0 Å². The molecule has 0 radical (unpaired) electrons. The molecule has 0 bridgehead atoms. The minimum atomic E-state index is -1.54. The number of hydrogen-bond acceptors (Lipinski definition) is 6. The summed E-state index contributed by atoms with van der Waals surface area (Å²) in [5, 5.41) is 12.2. The standard InChI is InChI=1S/C21H26N4O3/c26-20(25-11-13-28-14-12-25)19(24-9-1-2-10-24)21(27,17-5-3-7-22-15-17)18-6-4-8-23-16-18/h3-8,15-16,19,27H,1-2,9-14H2. The topological polar surface area (TPSA) is 78.8 Å². The van der Waals surface area contributed by atoms with Gasteiger partial charge in [0.25, 0.3) is 0 Å². The molecule has 1 amide bonds. The van der Waals surface area contributed by atoms with Crippen molar-refractivity contribution in [3.05, 3.63) is 60.2 Å². The van der Waals surface area contributed by atoms with E-state index in [-0.39, 0.29) is 5.91 Å². The summed E-state index contributed by atoms with van der Waals surface area (Å²) in [6, 6.07) is 6.50. The first-order valence-electron chi connectivity index (χ1n) is 9.85. The third-order valence-corrected chi connectivity index (χ3v) is 5.66. The van der Waals surface area contributed by atoms with Gasteiger partial charge in [0.15, 0.2) is 0 Å². The van der Waals surface area contributed by atoms with Gasteiger partial charge in [-0.05, 0) is 38.1 Å². The SMILES string of the molecule is O=C(C(N1CCCC1)C(O)(c1cccnc1)c1cccnc1)N1CCOCC1. The van der Waals surface area contributed by atoms with E-state index >= 15 is 0 Å². The molecular formula is C21H26N4O3. The van der Waals surface area contributed by atoms with E-state index in [1.165, 1.54) is 0 Å². The molecule has 4 heterocycles. The average molecular weight is 382 g/mol. The van der Waals surface area contributed by atoms with E-state index in [1.807, 2.05) is 17.0 Å². The van der Waals surface area contributed by atoms with Gasteiger partial charge < -0.3 is 14.7 Å². The summed E-state index contributed by atoms with van der Waals surface area (Å²) in [5.74, 6) is -0.0691. The predicted octanol–water partition coefficient (Wildman–Crippen LogP) is 1.04. The highest BCUT2D eigenvalue weighted by Gasteiger charge is 2.50. The van der Waals surface area contributed by atoms with Gasteiger partial charge in [0.05, 0.1) is 13.2 Å². The molecule has 4 rings (SSSR count). The first-order chi connectivity index (χ1) is 13.7. The summed E-state index contributed by atoms with van der Waals surface area (Å²) >= 11 is 0. The van der Waals surface area contributed by atoms with E-state index in [9.17, 15) is 9.90 Å². The maximum atomic E-state index is 13.7. The zero-order chi connectivity index (χ0) is 19.4. The van der Waals surface area contributed by atoms with E-state index in [2.05, 4.69) is 14.9 Å². The van der Waals surface area contributed by atoms with Crippen LogP contribution in [0.5, 0.6) is 0 Å². The van der Waals surface area contributed by atoms with E-state index in [1.54, 1.807) is 36.9 Å². The number of nitrogens with zero attached hydrogens (tertiary/aromatic N) is 4. The third kappa shape index (κ3) is 3.53. The minimum Gasteiger partial charge on any atom is -0.378 e. The van der Waals surface area contributed by atoms with Crippen LogP contribution in [0.1, 0.15) is 24.0 Å². The largest absolute Gasteiger partial charge is 0.378 e. The maximum absolute atomic E-state index is 13.7. The molecule has 7 heteroatoms. The predicted molar refractivity (Wildman–Crippen MR) is 103 cm³/mol. The van der Waals surface area contributed by atoms with Crippen LogP contribution in [0.15, 0.2) is 49.1 Å². The fourth-order valence-electron chi connectivity index (χ4n) is 4.21. The van der Waals surface area contributed by atoms with Crippen molar-refractivity contribution in [2.45, 2.75) is 24.5 Å². The maximum Gasteiger partial charge on any atom is 0.243 e.